The summed E-state index contributed by atoms with van der Waals surface area (Å²) in [6.45, 7) is 3.07. The number of hydrogen-bond donors (Lipinski definition) is 2. The summed E-state index contributed by atoms with van der Waals surface area (Å²) in [5, 5.41) is 3.57. The average Bonchev–Trinajstić information content (AvgIpc) is 2.99. The van der Waals surface area contributed by atoms with E-state index in [1.807, 2.05) is 6.07 Å². The molecule has 0 aliphatic carbocycles. The molecular formula is C14H21N3O. The van der Waals surface area contributed by atoms with Crippen molar-refractivity contribution < 1.29 is 4.74 Å². The maximum Gasteiger partial charge on any atom is 0.128 e. The Morgan fingerprint density at radius 1 is 1.56 bits per heavy atom. The van der Waals surface area contributed by atoms with Crippen molar-refractivity contribution in [2.24, 2.45) is 5.92 Å². The van der Waals surface area contributed by atoms with Crippen molar-refractivity contribution in [3.05, 3.63) is 23.9 Å². The number of rotatable bonds is 4. The van der Waals surface area contributed by atoms with E-state index in [-0.39, 0.29) is 6.04 Å². The van der Waals surface area contributed by atoms with Crippen LogP contribution >= 0.6 is 0 Å². The van der Waals surface area contributed by atoms with Gasteiger partial charge < -0.3 is 15.8 Å². The van der Waals surface area contributed by atoms with Crippen molar-refractivity contribution >= 4 is 5.82 Å². The summed E-state index contributed by atoms with van der Waals surface area (Å²) < 4.78 is 5.97. The first-order valence-corrected chi connectivity index (χ1v) is 6.88. The van der Waals surface area contributed by atoms with Crippen LogP contribution in [-0.4, -0.2) is 23.7 Å². The Bertz CT molecular complexity index is 423. The summed E-state index contributed by atoms with van der Waals surface area (Å²) in [5.74, 6) is 1.18. The average molecular weight is 247 g/mol. The van der Waals surface area contributed by atoms with Crippen molar-refractivity contribution in [3.63, 3.8) is 0 Å². The third-order valence-corrected chi connectivity index (χ3v) is 4.21. The van der Waals surface area contributed by atoms with Gasteiger partial charge in [-0.05, 0) is 31.9 Å². The lowest BCUT2D eigenvalue weighted by atomic mass is 9.81. The predicted molar refractivity (Wildman–Crippen MR) is 71.1 cm³/mol. The van der Waals surface area contributed by atoms with Gasteiger partial charge in [0.2, 0.25) is 0 Å². The van der Waals surface area contributed by atoms with E-state index in [9.17, 15) is 0 Å². The molecule has 2 aliphatic heterocycles. The quantitative estimate of drug-likeness (QED) is 0.853. The fourth-order valence-corrected chi connectivity index (χ4v) is 3.43. The van der Waals surface area contributed by atoms with Gasteiger partial charge in [0.15, 0.2) is 0 Å². The molecule has 2 saturated heterocycles. The highest BCUT2D eigenvalue weighted by atomic mass is 16.5. The Balaban J connectivity index is 1.86. The molecule has 2 fully saturated rings. The molecule has 4 atom stereocenters. The van der Waals surface area contributed by atoms with Crippen LogP contribution in [0.25, 0.3) is 0 Å². The maximum absolute atomic E-state index is 6.03. The molecule has 0 saturated carbocycles. The summed E-state index contributed by atoms with van der Waals surface area (Å²) in [6.07, 6.45) is 6.19. The molecule has 0 spiro atoms. The SMILES string of the molecule is CCNC(c1cccnc1N)C1CC2CCC1O2. The number of hydrogen-bond acceptors (Lipinski definition) is 4. The third kappa shape index (κ3) is 1.99. The van der Waals surface area contributed by atoms with Crippen LogP contribution in [0.15, 0.2) is 18.3 Å². The maximum atomic E-state index is 6.03. The van der Waals surface area contributed by atoms with E-state index in [2.05, 4.69) is 23.3 Å². The van der Waals surface area contributed by atoms with Gasteiger partial charge in [-0.3, -0.25) is 0 Å². The molecule has 98 valence electrons. The standard InChI is InChI=1S/C14H21N3O/c1-2-16-13(10-4-3-7-17-14(10)15)11-8-9-5-6-12(11)18-9/h3-4,7,9,11-13,16H,2,5-6,8H2,1H3,(H2,15,17). The first-order chi connectivity index (χ1) is 8.79. The Hall–Kier alpha value is -1.13. The van der Waals surface area contributed by atoms with E-state index in [1.165, 1.54) is 12.8 Å². The fraction of sp³-hybridized carbons (Fsp3) is 0.643. The minimum atomic E-state index is 0.277. The zero-order chi connectivity index (χ0) is 12.5. The van der Waals surface area contributed by atoms with Gasteiger partial charge in [-0.15, -0.1) is 0 Å². The minimum absolute atomic E-state index is 0.277. The van der Waals surface area contributed by atoms with Gasteiger partial charge in [-0.25, -0.2) is 4.98 Å². The number of nitrogens with two attached hydrogens (primary N) is 1. The van der Waals surface area contributed by atoms with Crippen molar-refractivity contribution in [1.29, 1.82) is 0 Å². The smallest absolute Gasteiger partial charge is 0.128 e. The fourth-order valence-electron chi connectivity index (χ4n) is 3.43. The number of aromatic nitrogens is 1. The molecule has 3 N–H and O–H groups in total. The molecule has 1 aromatic heterocycles. The lowest BCUT2D eigenvalue weighted by Crippen LogP contribution is -2.34. The summed E-state index contributed by atoms with van der Waals surface area (Å²) in [6, 6.07) is 4.32. The first kappa shape index (κ1) is 11.9. The molecule has 2 bridgehead atoms. The molecule has 1 aromatic rings. The van der Waals surface area contributed by atoms with Crippen LogP contribution in [0.4, 0.5) is 5.82 Å². The van der Waals surface area contributed by atoms with E-state index < -0.39 is 0 Å². The molecule has 4 unspecified atom stereocenters. The molecule has 0 aromatic carbocycles. The number of nitrogens with zero attached hydrogens (tertiary/aromatic N) is 1. The third-order valence-electron chi connectivity index (χ3n) is 4.21. The number of fused-ring (bicyclic) bond motifs is 2. The van der Waals surface area contributed by atoms with E-state index >= 15 is 0 Å². The van der Waals surface area contributed by atoms with Gasteiger partial charge in [0.25, 0.3) is 0 Å². The molecule has 2 aliphatic rings. The zero-order valence-electron chi connectivity index (χ0n) is 10.8. The normalized spacial score (nSPS) is 31.7. The molecule has 4 heteroatoms. The van der Waals surface area contributed by atoms with Crippen molar-refractivity contribution in [3.8, 4) is 0 Å². The predicted octanol–water partition coefficient (Wildman–Crippen LogP) is 1.88. The second kappa shape index (κ2) is 4.86. The molecular weight excluding hydrogens is 226 g/mol. The van der Waals surface area contributed by atoms with Gasteiger partial charge in [0.1, 0.15) is 5.82 Å². The highest BCUT2D eigenvalue weighted by Gasteiger charge is 2.44. The van der Waals surface area contributed by atoms with Crippen LogP contribution in [0.2, 0.25) is 0 Å². The minimum Gasteiger partial charge on any atom is -0.383 e. The summed E-state index contributed by atoms with van der Waals surface area (Å²) in [7, 11) is 0. The van der Waals surface area contributed by atoms with Crippen molar-refractivity contribution in [2.75, 3.05) is 12.3 Å². The second-order valence-corrected chi connectivity index (χ2v) is 5.29. The largest absolute Gasteiger partial charge is 0.383 e. The number of anilines is 1. The topological polar surface area (TPSA) is 60.2 Å². The molecule has 18 heavy (non-hydrogen) atoms. The highest BCUT2D eigenvalue weighted by Crippen LogP contribution is 2.45. The molecule has 4 nitrogen and oxygen atoms in total. The van der Waals surface area contributed by atoms with Gasteiger partial charge in [-0.1, -0.05) is 13.0 Å². The van der Waals surface area contributed by atoms with E-state index in [0.717, 1.165) is 18.5 Å². The van der Waals surface area contributed by atoms with E-state index in [4.69, 9.17) is 10.5 Å². The van der Waals surface area contributed by atoms with Crippen LogP contribution in [0.1, 0.15) is 37.8 Å². The van der Waals surface area contributed by atoms with Gasteiger partial charge >= 0.3 is 0 Å². The summed E-state index contributed by atoms with van der Waals surface area (Å²) in [4.78, 5) is 4.21. The molecule has 3 rings (SSSR count). The molecule has 0 radical (unpaired) electrons. The monoisotopic (exact) mass is 247 g/mol. The second-order valence-electron chi connectivity index (χ2n) is 5.29. The van der Waals surface area contributed by atoms with Gasteiger partial charge in [0, 0.05) is 23.7 Å². The molecule has 0 amide bonds. The van der Waals surface area contributed by atoms with E-state index in [1.54, 1.807) is 6.20 Å². The van der Waals surface area contributed by atoms with Crippen LogP contribution in [-0.2, 0) is 4.74 Å². The lowest BCUT2D eigenvalue weighted by Gasteiger charge is -2.29. The Morgan fingerprint density at radius 3 is 3.06 bits per heavy atom. The van der Waals surface area contributed by atoms with Crippen LogP contribution in [0.5, 0.6) is 0 Å². The van der Waals surface area contributed by atoms with Crippen molar-refractivity contribution in [2.45, 2.75) is 44.4 Å². The first-order valence-electron chi connectivity index (χ1n) is 6.88. The number of ether oxygens (including phenoxy) is 1. The van der Waals surface area contributed by atoms with Gasteiger partial charge in [-0.2, -0.15) is 0 Å². The summed E-state index contributed by atoms with van der Waals surface area (Å²) >= 11 is 0. The van der Waals surface area contributed by atoms with E-state index in [0.29, 0.717) is 23.9 Å². The van der Waals surface area contributed by atoms with Crippen LogP contribution in [0.3, 0.4) is 0 Å². The zero-order valence-corrected chi connectivity index (χ0v) is 10.8. The number of nitrogen functional groups attached to an aromatic ring is 1. The Morgan fingerprint density at radius 2 is 2.44 bits per heavy atom. The van der Waals surface area contributed by atoms with Crippen LogP contribution < -0.4 is 11.1 Å². The number of nitrogens with one attached hydrogen (secondary N) is 1. The summed E-state index contributed by atoms with van der Waals surface area (Å²) in [5.41, 5.74) is 7.15. The highest BCUT2D eigenvalue weighted by molar-refractivity contribution is 5.41. The van der Waals surface area contributed by atoms with Crippen molar-refractivity contribution in [1.82, 2.24) is 10.3 Å². The number of pyridine rings is 1. The van der Waals surface area contributed by atoms with Crippen LogP contribution in [0, 0.1) is 5.92 Å². The lowest BCUT2D eigenvalue weighted by molar-refractivity contribution is 0.0858. The molecule has 3 heterocycles. The Kier molecular flexibility index (Phi) is 3.22. The Labute approximate surface area is 108 Å². The van der Waals surface area contributed by atoms with Gasteiger partial charge in [0.05, 0.1) is 12.2 Å².